The van der Waals surface area contributed by atoms with Crippen LogP contribution in [0.5, 0.6) is 11.8 Å². The summed E-state index contributed by atoms with van der Waals surface area (Å²) < 4.78 is 19.1. The summed E-state index contributed by atoms with van der Waals surface area (Å²) in [6.45, 7) is 1.79. The monoisotopic (exact) mass is 424 g/mol. The van der Waals surface area contributed by atoms with Crippen molar-refractivity contribution in [1.82, 2.24) is 19.9 Å². The standard InChI is InChI=1S/C22H18ClFN4O2/c1-13(12-29)21-27-19(14-2-6-16(24)7-3-14)20(28-21)18-10-11-25-22(26-18)30-17-8-4-15(23)5-9-17/h2-11,13,29H,12H2,1H3,(H,27,28). The maximum atomic E-state index is 13.4. The van der Waals surface area contributed by atoms with Crippen molar-refractivity contribution in [3.05, 3.63) is 77.5 Å². The second-order valence-corrected chi connectivity index (χ2v) is 7.15. The van der Waals surface area contributed by atoms with Gasteiger partial charge >= 0.3 is 6.01 Å². The minimum atomic E-state index is -0.333. The first-order valence-corrected chi connectivity index (χ1v) is 9.65. The lowest BCUT2D eigenvalue weighted by molar-refractivity contribution is 0.269. The SMILES string of the molecule is CC(CO)c1nc(-c2ccc(F)cc2)c(-c2ccnc(Oc3ccc(Cl)cc3)n2)[nH]1. The Hall–Kier alpha value is -3.29. The molecule has 152 valence electrons. The van der Waals surface area contributed by atoms with Gasteiger partial charge in [-0.05, 0) is 54.6 Å². The molecule has 0 amide bonds. The van der Waals surface area contributed by atoms with Gasteiger partial charge in [0.2, 0.25) is 0 Å². The predicted octanol–water partition coefficient (Wildman–Crippen LogP) is 5.21. The van der Waals surface area contributed by atoms with Crippen LogP contribution in [-0.2, 0) is 0 Å². The highest BCUT2D eigenvalue weighted by molar-refractivity contribution is 6.30. The van der Waals surface area contributed by atoms with Gasteiger partial charge < -0.3 is 14.8 Å². The van der Waals surface area contributed by atoms with E-state index >= 15 is 0 Å². The highest BCUT2D eigenvalue weighted by Crippen LogP contribution is 2.32. The lowest BCUT2D eigenvalue weighted by atomic mass is 10.1. The van der Waals surface area contributed by atoms with Crippen molar-refractivity contribution in [3.63, 3.8) is 0 Å². The zero-order valence-corrected chi connectivity index (χ0v) is 16.8. The summed E-state index contributed by atoms with van der Waals surface area (Å²) in [5.41, 5.74) is 2.50. The average Bonchev–Trinajstić information content (AvgIpc) is 3.21. The lowest BCUT2D eigenvalue weighted by Crippen LogP contribution is -2.01. The second kappa shape index (κ2) is 8.61. The van der Waals surface area contributed by atoms with Crippen molar-refractivity contribution < 1.29 is 14.2 Å². The van der Waals surface area contributed by atoms with Gasteiger partial charge in [-0.15, -0.1) is 0 Å². The van der Waals surface area contributed by atoms with Crippen LogP contribution >= 0.6 is 11.6 Å². The molecule has 0 aliphatic rings. The highest BCUT2D eigenvalue weighted by Gasteiger charge is 2.19. The fourth-order valence-corrected chi connectivity index (χ4v) is 2.98. The van der Waals surface area contributed by atoms with Crippen molar-refractivity contribution >= 4 is 11.6 Å². The first-order valence-electron chi connectivity index (χ1n) is 9.27. The number of imidazole rings is 1. The first kappa shape index (κ1) is 20.0. The molecule has 4 aromatic rings. The number of aromatic nitrogens is 4. The molecule has 0 radical (unpaired) electrons. The molecule has 0 saturated heterocycles. The number of hydrogen-bond acceptors (Lipinski definition) is 5. The molecule has 8 heteroatoms. The first-order chi connectivity index (χ1) is 14.5. The summed E-state index contributed by atoms with van der Waals surface area (Å²) in [6.07, 6.45) is 1.58. The number of hydrogen-bond donors (Lipinski definition) is 2. The molecular weight excluding hydrogens is 407 g/mol. The van der Waals surface area contributed by atoms with Crippen LogP contribution in [0.25, 0.3) is 22.6 Å². The molecule has 0 fully saturated rings. The quantitative estimate of drug-likeness (QED) is 0.443. The maximum Gasteiger partial charge on any atom is 0.322 e. The molecule has 4 rings (SSSR count). The van der Waals surface area contributed by atoms with Crippen molar-refractivity contribution in [1.29, 1.82) is 0 Å². The molecule has 1 atom stereocenters. The van der Waals surface area contributed by atoms with Gasteiger partial charge in [0.1, 0.15) is 17.4 Å². The highest BCUT2D eigenvalue weighted by atomic mass is 35.5. The fourth-order valence-electron chi connectivity index (χ4n) is 2.85. The number of rotatable bonds is 6. The van der Waals surface area contributed by atoms with Crippen LogP contribution in [0.3, 0.4) is 0 Å². The van der Waals surface area contributed by atoms with E-state index in [4.69, 9.17) is 16.3 Å². The Morgan fingerprint density at radius 3 is 2.50 bits per heavy atom. The minimum absolute atomic E-state index is 0.0650. The number of nitrogens with one attached hydrogen (secondary N) is 1. The summed E-state index contributed by atoms with van der Waals surface area (Å²) in [4.78, 5) is 16.5. The molecule has 2 heterocycles. The van der Waals surface area contributed by atoms with Crippen LogP contribution in [0.1, 0.15) is 18.7 Å². The lowest BCUT2D eigenvalue weighted by Gasteiger charge is -2.06. The van der Waals surface area contributed by atoms with E-state index in [9.17, 15) is 9.50 Å². The summed E-state index contributed by atoms with van der Waals surface area (Å²) in [5, 5.41) is 10.1. The Bertz CT molecular complexity index is 1150. The molecular formula is C22H18ClFN4O2. The van der Waals surface area contributed by atoms with Crippen LogP contribution in [0.15, 0.2) is 60.8 Å². The van der Waals surface area contributed by atoms with Gasteiger partial charge in [-0.3, -0.25) is 0 Å². The van der Waals surface area contributed by atoms with E-state index < -0.39 is 0 Å². The number of benzene rings is 2. The molecule has 0 bridgehead atoms. The van der Waals surface area contributed by atoms with Crippen LogP contribution in [0.4, 0.5) is 4.39 Å². The summed E-state index contributed by atoms with van der Waals surface area (Å²) in [6, 6.07) is 14.8. The number of H-pyrrole nitrogens is 1. The fraction of sp³-hybridized carbons (Fsp3) is 0.136. The van der Waals surface area contributed by atoms with E-state index in [1.807, 2.05) is 6.92 Å². The number of aliphatic hydroxyl groups is 1. The van der Waals surface area contributed by atoms with Gasteiger partial charge in [0.05, 0.1) is 23.7 Å². The molecule has 0 aliphatic carbocycles. The molecule has 2 aromatic carbocycles. The molecule has 1 unspecified atom stereocenters. The van der Waals surface area contributed by atoms with Crippen molar-refractivity contribution in [2.45, 2.75) is 12.8 Å². The van der Waals surface area contributed by atoms with E-state index in [1.54, 1.807) is 48.7 Å². The smallest absolute Gasteiger partial charge is 0.322 e. The van der Waals surface area contributed by atoms with E-state index in [0.29, 0.717) is 33.7 Å². The van der Waals surface area contributed by atoms with E-state index in [-0.39, 0.29) is 24.4 Å². The third-order valence-electron chi connectivity index (χ3n) is 4.49. The normalized spacial score (nSPS) is 12.0. The number of nitrogens with zero attached hydrogens (tertiary/aromatic N) is 3. The van der Waals surface area contributed by atoms with E-state index in [2.05, 4.69) is 19.9 Å². The van der Waals surface area contributed by atoms with Gasteiger partial charge in [-0.2, -0.15) is 4.98 Å². The third-order valence-corrected chi connectivity index (χ3v) is 4.74. The van der Waals surface area contributed by atoms with Crippen LogP contribution in [0, 0.1) is 5.82 Å². The third kappa shape index (κ3) is 4.32. The number of aromatic amines is 1. The van der Waals surface area contributed by atoms with Crippen LogP contribution in [-0.4, -0.2) is 31.6 Å². The van der Waals surface area contributed by atoms with Gasteiger partial charge in [0.15, 0.2) is 0 Å². The number of halogens is 2. The zero-order valence-electron chi connectivity index (χ0n) is 16.0. The Balaban J connectivity index is 1.74. The summed E-state index contributed by atoms with van der Waals surface area (Å²) in [5.74, 6) is 0.616. The Morgan fingerprint density at radius 1 is 1.07 bits per heavy atom. The van der Waals surface area contributed by atoms with Gasteiger partial charge in [-0.1, -0.05) is 18.5 Å². The zero-order chi connectivity index (χ0) is 21.1. The Labute approximate surface area is 177 Å². The van der Waals surface area contributed by atoms with Crippen molar-refractivity contribution in [2.75, 3.05) is 6.61 Å². The predicted molar refractivity (Wildman–Crippen MR) is 112 cm³/mol. The second-order valence-electron chi connectivity index (χ2n) is 6.72. The van der Waals surface area contributed by atoms with E-state index in [0.717, 1.165) is 5.56 Å². The maximum absolute atomic E-state index is 13.4. The van der Waals surface area contributed by atoms with Crippen molar-refractivity contribution in [2.24, 2.45) is 0 Å². The largest absolute Gasteiger partial charge is 0.424 e. The van der Waals surface area contributed by atoms with E-state index in [1.165, 1.54) is 12.1 Å². The molecule has 0 spiro atoms. The Morgan fingerprint density at radius 2 is 1.80 bits per heavy atom. The minimum Gasteiger partial charge on any atom is -0.424 e. The molecule has 30 heavy (non-hydrogen) atoms. The topological polar surface area (TPSA) is 83.9 Å². The van der Waals surface area contributed by atoms with Gasteiger partial charge in [-0.25, -0.2) is 14.4 Å². The number of ether oxygens (including phenoxy) is 1. The molecule has 0 aliphatic heterocycles. The van der Waals surface area contributed by atoms with Crippen LogP contribution < -0.4 is 4.74 Å². The van der Waals surface area contributed by atoms with Gasteiger partial charge in [0, 0.05) is 22.7 Å². The molecule has 0 saturated carbocycles. The molecule has 2 N–H and O–H groups in total. The molecule has 6 nitrogen and oxygen atoms in total. The summed E-state index contributed by atoms with van der Waals surface area (Å²) >= 11 is 5.91. The molecule has 2 aromatic heterocycles. The number of aliphatic hydroxyl groups excluding tert-OH is 1. The van der Waals surface area contributed by atoms with Crippen molar-refractivity contribution in [3.8, 4) is 34.4 Å². The van der Waals surface area contributed by atoms with Gasteiger partial charge in [0.25, 0.3) is 0 Å². The van der Waals surface area contributed by atoms with Crippen LogP contribution in [0.2, 0.25) is 5.02 Å². The average molecular weight is 425 g/mol. The summed E-state index contributed by atoms with van der Waals surface area (Å²) in [7, 11) is 0. The Kier molecular flexibility index (Phi) is 5.74.